The van der Waals surface area contributed by atoms with Gasteiger partial charge in [0.1, 0.15) is 0 Å². The molecule has 0 bridgehead atoms. The summed E-state index contributed by atoms with van der Waals surface area (Å²) in [4.78, 5) is 0. The second-order valence-corrected chi connectivity index (χ2v) is 8.00. The first-order chi connectivity index (χ1) is 8.40. The number of methoxy groups -OCH3 is 1. The minimum atomic E-state index is -0.939. The van der Waals surface area contributed by atoms with Gasteiger partial charge in [0, 0.05) is 23.7 Å². The van der Waals surface area contributed by atoms with Crippen LogP contribution in [0.4, 0.5) is 0 Å². The lowest BCUT2D eigenvalue weighted by Gasteiger charge is -2.39. The van der Waals surface area contributed by atoms with E-state index in [1.165, 1.54) is 0 Å². The van der Waals surface area contributed by atoms with Crippen LogP contribution in [0, 0.1) is 28.6 Å². The van der Waals surface area contributed by atoms with Gasteiger partial charge in [0.15, 0.2) is 0 Å². The predicted octanol–water partition coefficient (Wildman–Crippen LogP) is 2.74. The quantitative estimate of drug-likeness (QED) is 0.790. The number of hydrogen-bond acceptors (Lipinski definition) is 3. The molecule has 4 atom stereocenters. The van der Waals surface area contributed by atoms with Crippen LogP contribution in [0.25, 0.3) is 0 Å². The van der Waals surface area contributed by atoms with Crippen molar-refractivity contribution < 1.29 is 8.95 Å². The molecule has 0 aromatic heterocycles. The molecule has 0 heterocycles. The molecule has 0 aliphatic heterocycles. The molecule has 1 aliphatic carbocycles. The van der Waals surface area contributed by atoms with Gasteiger partial charge >= 0.3 is 0 Å². The van der Waals surface area contributed by atoms with Crippen LogP contribution >= 0.6 is 0 Å². The SMILES string of the molecule is COCCS(=O)C1CC(C(C)(C)C)CCC1C#N. The second-order valence-electron chi connectivity index (χ2n) is 6.23. The number of ether oxygens (including phenoxy) is 1. The van der Waals surface area contributed by atoms with Crippen LogP contribution in [0.3, 0.4) is 0 Å². The van der Waals surface area contributed by atoms with Gasteiger partial charge in [-0.3, -0.25) is 4.21 Å². The predicted molar refractivity (Wildman–Crippen MR) is 74.6 cm³/mol. The molecule has 1 aliphatic rings. The fourth-order valence-electron chi connectivity index (χ4n) is 2.67. The van der Waals surface area contributed by atoms with E-state index in [0.29, 0.717) is 18.3 Å². The van der Waals surface area contributed by atoms with Gasteiger partial charge in [-0.25, -0.2) is 0 Å². The highest BCUT2D eigenvalue weighted by Crippen LogP contribution is 2.41. The Morgan fingerprint density at radius 3 is 2.56 bits per heavy atom. The van der Waals surface area contributed by atoms with Gasteiger partial charge in [0.05, 0.1) is 23.8 Å². The molecule has 0 aromatic carbocycles. The molecule has 0 aromatic rings. The zero-order valence-corrected chi connectivity index (χ0v) is 12.8. The lowest BCUT2D eigenvalue weighted by Crippen LogP contribution is -2.38. The third-order valence-corrected chi connectivity index (χ3v) is 5.77. The summed E-state index contributed by atoms with van der Waals surface area (Å²) in [6.45, 7) is 7.22. The average molecular weight is 271 g/mol. The smallest absolute Gasteiger partial charge is 0.0668 e. The third kappa shape index (κ3) is 4.07. The number of nitriles is 1. The first-order valence-corrected chi connectivity index (χ1v) is 8.04. The van der Waals surface area contributed by atoms with E-state index in [1.54, 1.807) is 7.11 Å². The molecule has 0 amide bonds. The molecular weight excluding hydrogens is 246 g/mol. The number of hydrogen-bond donors (Lipinski definition) is 0. The van der Waals surface area contributed by atoms with Crippen LogP contribution in [-0.4, -0.2) is 28.9 Å². The van der Waals surface area contributed by atoms with Crippen LogP contribution < -0.4 is 0 Å². The summed E-state index contributed by atoms with van der Waals surface area (Å²) in [5.74, 6) is 1.08. The van der Waals surface area contributed by atoms with Gasteiger partial charge in [-0.05, 0) is 30.6 Å². The van der Waals surface area contributed by atoms with Gasteiger partial charge in [-0.2, -0.15) is 5.26 Å². The highest BCUT2D eigenvalue weighted by molar-refractivity contribution is 7.85. The van der Waals surface area contributed by atoms with Gasteiger partial charge in [-0.1, -0.05) is 20.8 Å². The molecule has 4 heteroatoms. The minimum Gasteiger partial charge on any atom is -0.384 e. The molecule has 3 nitrogen and oxygen atoms in total. The number of nitrogens with zero attached hydrogens (tertiary/aromatic N) is 1. The Bertz CT molecular complexity index is 330. The lowest BCUT2D eigenvalue weighted by molar-refractivity contribution is 0.167. The molecule has 104 valence electrons. The summed E-state index contributed by atoms with van der Waals surface area (Å²) in [5, 5.41) is 9.24. The first-order valence-electron chi connectivity index (χ1n) is 6.66. The molecule has 1 rings (SSSR count). The van der Waals surface area contributed by atoms with Crippen molar-refractivity contribution in [1.29, 1.82) is 5.26 Å². The van der Waals surface area contributed by atoms with Crippen molar-refractivity contribution in [2.24, 2.45) is 17.3 Å². The fourth-order valence-corrected chi connectivity index (χ4v) is 4.31. The zero-order chi connectivity index (χ0) is 13.8. The zero-order valence-electron chi connectivity index (χ0n) is 11.9. The van der Waals surface area contributed by atoms with Crippen LogP contribution in [0.5, 0.6) is 0 Å². The Kier molecular flexibility index (Phi) is 5.81. The molecule has 0 radical (unpaired) electrons. The molecule has 18 heavy (non-hydrogen) atoms. The van der Waals surface area contributed by atoms with E-state index in [1.807, 2.05) is 0 Å². The summed E-state index contributed by atoms with van der Waals surface area (Å²) in [6, 6.07) is 2.35. The van der Waals surface area contributed by atoms with E-state index in [4.69, 9.17) is 4.74 Å². The average Bonchev–Trinajstić information content (AvgIpc) is 2.34. The van der Waals surface area contributed by atoms with Gasteiger partial charge in [-0.15, -0.1) is 0 Å². The Morgan fingerprint density at radius 1 is 1.39 bits per heavy atom. The Balaban J connectivity index is 2.71. The van der Waals surface area contributed by atoms with E-state index in [2.05, 4.69) is 26.8 Å². The number of rotatable bonds is 4. The Labute approximate surface area is 113 Å². The maximum absolute atomic E-state index is 12.3. The first kappa shape index (κ1) is 15.7. The van der Waals surface area contributed by atoms with Crippen molar-refractivity contribution in [3.05, 3.63) is 0 Å². The lowest BCUT2D eigenvalue weighted by atomic mass is 9.70. The van der Waals surface area contributed by atoms with Crippen molar-refractivity contribution in [2.45, 2.75) is 45.3 Å². The minimum absolute atomic E-state index is 0.0307. The topological polar surface area (TPSA) is 50.1 Å². The van der Waals surface area contributed by atoms with Gasteiger partial charge in [0.25, 0.3) is 0 Å². The normalized spacial score (nSPS) is 30.7. The van der Waals surface area contributed by atoms with Crippen molar-refractivity contribution in [3.63, 3.8) is 0 Å². The van der Waals surface area contributed by atoms with Crippen LogP contribution in [0.1, 0.15) is 40.0 Å². The van der Waals surface area contributed by atoms with E-state index in [9.17, 15) is 9.47 Å². The molecule has 0 spiro atoms. The van der Waals surface area contributed by atoms with E-state index < -0.39 is 10.8 Å². The van der Waals surface area contributed by atoms with Crippen LogP contribution in [0.15, 0.2) is 0 Å². The van der Waals surface area contributed by atoms with Gasteiger partial charge in [0.2, 0.25) is 0 Å². The Hall–Kier alpha value is -0.400. The van der Waals surface area contributed by atoms with Crippen molar-refractivity contribution in [2.75, 3.05) is 19.5 Å². The molecule has 0 saturated heterocycles. The summed E-state index contributed by atoms with van der Waals surface area (Å²) in [6.07, 6.45) is 2.89. The van der Waals surface area contributed by atoms with Crippen LogP contribution in [-0.2, 0) is 15.5 Å². The second kappa shape index (κ2) is 6.68. The summed E-state index contributed by atoms with van der Waals surface area (Å²) in [5.41, 5.74) is 0.240. The maximum atomic E-state index is 12.3. The van der Waals surface area contributed by atoms with Crippen molar-refractivity contribution in [1.82, 2.24) is 0 Å². The highest BCUT2D eigenvalue weighted by Gasteiger charge is 2.38. The standard InChI is InChI=1S/C14H25NO2S/c1-14(2,3)12-6-5-11(10-15)13(9-12)18(16)8-7-17-4/h11-13H,5-9H2,1-4H3. The van der Waals surface area contributed by atoms with Crippen molar-refractivity contribution >= 4 is 10.8 Å². The highest BCUT2D eigenvalue weighted by atomic mass is 32.2. The van der Waals surface area contributed by atoms with Crippen molar-refractivity contribution in [3.8, 4) is 6.07 Å². The molecule has 0 N–H and O–H groups in total. The van der Waals surface area contributed by atoms with Gasteiger partial charge < -0.3 is 4.74 Å². The van der Waals surface area contributed by atoms with E-state index >= 15 is 0 Å². The summed E-state index contributed by atoms with van der Waals surface area (Å²) >= 11 is 0. The third-order valence-electron chi connectivity index (χ3n) is 4.01. The maximum Gasteiger partial charge on any atom is 0.0668 e. The van der Waals surface area contributed by atoms with E-state index in [0.717, 1.165) is 19.3 Å². The van der Waals surface area contributed by atoms with Crippen LogP contribution in [0.2, 0.25) is 0 Å². The summed E-state index contributed by atoms with van der Waals surface area (Å²) < 4.78 is 17.3. The largest absolute Gasteiger partial charge is 0.384 e. The van der Waals surface area contributed by atoms with E-state index in [-0.39, 0.29) is 16.6 Å². The molecule has 4 unspecified atom stereocenters. The molecule has 1 fully saturated rings. The monoisotopic (exact) mass is 271 g/mol. The fraction of sp³-hybridized carbons (Fsp3) is 0.929. The molecular formula is C14H25NO2S. The molecule has 1 saturated carbocycles. The Morgan fingerprint density at radius 2 is 2.06 bits per heavy atom. The summed E-state index contributed by atoms with van der Waals surface area (Å²) in [7, 11) is 0.684.